The van der Waals surface area contributed by atoms with E-state index in [1.165, 1.54) is 21.5 Å². The van der Waals surface area contributed by atoms with E-state index in [0.29, 0.717) is 0 Å². The highest BCUT2D eigenvalue weighted by atomic mass is 28.2. The molecule has 0 aliphatic carbocycles. The SMILES string of the molecule is C=C(C)c1ccc([SiH2]c2ccccc2CCOC(C)(C)C)cc1. The molecule has 0 amide bonds. The van der Waals surface area contributed by atoms with Crippen LogP contribution in [0.1, 0.15) is 38.8 Å². The first-order chi connectivity index (χ1) is 10.8. The fraction of sp³-hybridized carbons (Fsp3) is 0.333. The topological polar surface area (TPSA) is 9.23 Å². The van der Waals surface area contributed by atoms with Gasteiger partial charge in [-0.1, -0.05) is 71.1 Å². The third-order valence-corrected chi connectivity index (χ3v) is 5.82. The van der Waals surface area contributed by atoms with Gasteiger partial charge < -0.3 is 4.74 Å². The lowest BCUT2D eigenvalue weighted by atomic mass is 10.1. The van der Waals surface area contributed by atoms with E-state index in [-0.39, 0.29) is 5.60 Å². The Morgan fingerprint density at radius 2 is 1.70 bits per heavy atom. The minimum Gasteiger partial charge on any atom is -0.376 e. The van der Waals surface area contributed by atoms with Crippen molar-refractivity contribution >= 4 is 25.5 Å². The molecule has 0 fully saturated rings. The summed E-state index contributed by atoms with van der Waals surface area (Å²) in [5, 5.41) is 2.99. The molecule has 0 spiro atoms. The summed E-state index contributed by atoms with van der Waals surface area (Å²) in [5.41, 5.74) is 3.73. The summed E-state index contributed by atoms with van der Waals surface area (Å²) in [4.78, 5) is 0. The zero-order chi connectivity index (χ0) is 16.9. The molecule has 122 valence electrons. The Hall–Kier alpha value is -1.64. The van der Waals surface area contributed by atoms with Crippen molar-refractivity contribution in [1.29, 1.82) is 0 Å². The molecule has 0 aliphatic rings. The van der Waals surface area contributed by atoms with E-state index in [0.717, 1.165) is 18.6 Å². The summed E-state index contributed by atoms with van der Waals surface area (Å²) in [7, 11) is -0.451. The Morgan fingerprint density at radius 1 is 1.04 bits per heavy atom. The van der Waals surface area contributed by atoms with Crippen LogP contribution in [0.5, 0.6) is 0 Å². The van der Waals surface area contributed by atoms with Gasteiger partial charge in [0.25, 0.3) is 0 Å². The summed E-state index contributed by atoms with van der Waals surface area (Å²) < 4.78 is 5.89. The van der Waals surface area contributed by atoms with E-state index in [2.05, 4.69) is 82.8 Å². The summed E-state index contributed by atoms with van der Waals surface area (Å²) in [6, 6.07) is 17.7. The highest BCUT2D eigenvalue weighted by Gasteiger charge is 2.10. The molecule has 0 aromatic heterocycles. The smallest absolute Gasteiger partial charge is 0.0878 e. The van der Waals surface area contributed by atoms with Crippen LogP contribution in [0, 0.1) is 0 Å². The zero-order valence-corrected chi connectivity index (χ0v) is 16.3. The maximum atomic E-state index is 5.89. The molecule has 2 aromatic carbocycles. The second kappa shape index (κ2) is 7.76. The van der Waals surface area contributed by atoms with Gasteiger partial charge in [0.2, 0.25) is 0 Å². The number of hydrogen-bond donors (Lipinski definition) is 0. The molecule has 0 heterocycles. The summed E-state index contributed by atoms with van der Waals surface area (Å²) >= 11 is 0. The predicted molar refractivity (Wildman–Crippen MR) is 105 cm³/mol. The molecule has 0 saturated carbocycles. The normalized spacial score (nSPS) is 12.0. The first-order valence-corrected chi connectivity index (χ1v) is 9.72. The average Bonchev–Trinajstić information content (AvgIpc) is 2.48. The lowest BCUT2D eigenvalue weighted by Gasteiger charge is -2.20. The van der Waals surface area contributed by atoms with Crippen molar-refractivity contribution in [1.82, 2.24) is 0 Å². The molecule has 2 heteroatoms. The van der Waals surface area contributed by atoms with Crippen LogP contribution < -0.4 is 10.4 Å². The minimum atomic E-state index is -0.451. The molecule has 0 N–H and O–H groups in total. The van der Waals surface area contributed by atoms with Crippen molar-refractivity contribution in [3.8, 4) is 0 Å². The van der Waals surface area contributed by atoms with Gasteiger partial charge in [-0.05, 0) is 45.2 Å². The molecule has 0 bridgehead atoms. The second-order valence-electron chi connectivity index (χ2n) is 7.13. The Morgan fingerprint density at radius 3 is 2.30 bits per heavy atom. The van der Waals surface area contributed by atoms with Gasteiger partial charge in [0.05, 0.1) is 21.7 Å². The van der Waals surface area contributed by atoms with Crippen LogP contribution >= 0.6 is 0 Å². The van der Waals surface area contributed by atoms with E-state index >= 15 is 0 Å². The van der Waals surface area contributed by atoms with E-state index in [1.807, 2.05) is 0 Å². The number of benzene rings is 2. The first-order valence-electron chi connectivity index (χ1n) is 8.31. The van der Waals surface area contributed by atoms with Crippen molar-refractivity contribution in [2.45, 2.75) is 39.7 Å². The van der Waals surface area contributed by atoms with Crippen LogP contribution in [0.15, 0.2) is 55.1 Å². The molecule has 0 saturated heterocycles. The molecule has 0 unspecified atom stereocenters. The van der Waals surface area contributed by atoms with E-state index < -0.39 is 9.52 Å². The maximum absolute atomic E-state index is 5.89. The monoisotopic (exact) mass is 324 g/mol. The molecular formula is C21H28OSi. The zero-order valence-electron chi connectivity index (χ0n) is 14.9. The van der Waals surface area contributed by atoms with Crippen LogP contribution in [0.4, 0.5) is 0 Å². The number of hydrogen-bond acceptors (Lipinski definition) is 1. The van der Waals surface area contributed by atoms with Gasteiger partial charge in [-0.25, -0.2) is 0 Å². The summed E-state index contributed by atoms with van der Waals surface area (Å²) in [6.07, 6.45) is 0.990. The van der Waals surface area contributed by atoms with E-state index in [1.54, 1.807) is 0 Å². The molecular weight excluding hydrogens is 296 g/mol. The van der Waals surface area contributed by atoms with E-state index in [9.17, 15) is 0 Å². The molecule has 1 nitrogen and oxygen atoms in total. The highest BCUT2D eigenvalue weighted by molar-refractivity contribution is 6.67. The Labute approximate surface area is 143 Å². The summed E-state index contributed by atoms with van der Waals surface area (Å²) in [5.74, 6) is 0. The van der Waals surface area contributed by atoms with Gasteiger partial charge in [0.1, 0.15) is 0 Å². The van der Waals surface area contributed by atoms with Gasteiger partial charge in [0.15, 0.2) is 0 Å². The molecule has 0 aliphatic heterocycles. The van der Waals surface area contributed by atoms with Crippen LogP contribution in [-0.2, 0) is 11.2 Å². The minimum absolute atomic E-state index is 0.0647. The number of ether oxygens (including phenoxy) is 1. The third kappa shape index (κ3) is 5.81. The van der Waals surface area contributed by atoms with Gasteiger partial charge in [-0.3, -0.25) is 0 Å². The van der Waals surface area contributed by atoms with Crippen molar-refractivity contribution in [3.05, 3.63) is 66.2 Å². The van der Waals surface area contributed by atoms with Crippen LogP contribution in [0.3, 0.4) is 0 Å². The van der Waals surface area contributed by atoms with Crippen molar-refractivity contribution in [2.24, 2.45) is 0 Å². The lowest BCUT2D eigenvalue weighted by Crippen LogP contribution is -2.30. The van der Waals surface area contributed by atoms with Crippen molar-refractivity contribution < 1.29 is 4.74 Å². The van der Waals surface area contributed by atoms with Crippen LogP contribution in [0.2, 0.25) is 0 Å². The largest absolute Gasteiger partial charge is 0.376 e. The first kappa shape index (κ1) is 17.7. The Balaban J connectivity index is 2.06. The van der Waals surface area contributed by atoms with Crippen molar-refractivity contribution in [3.63, 3.8) is 0 Å². The van der Waals surface area contributed by atoms with Gasteiger partial charge >= 0.3 is 0 Å². The lowest BCUT2D eigenvalue weighted by molar-refractivity contribution is -0.000912. The Bertz CT molecular complexity index is 650. The molecule has 0 atom stereocenters. The molecule has 0 radical (unpaired) electrons. The standard InChI is InChI=1S/C21H28OSi/c1-16(2)17-10-12-19(13-11-17)23-20-9-7-6-8-18(20)14-15-22-21(3,4)5/h6-13H,1,14-15,23H2,2-5H3. The van der Waals surface area contributed by atoms with Gasteiger partial charge in [-0.2, -0.15) is 0 Å². The van der Waals surface area contributed by atoms with Crippen LogP contribution in [0.25, 0.3) is 5.57 Å². The number of rotatable bonds is 6. The fourth-order valence-corrected chi connectivity index (χ4v) is 4.25. The van der Waals surface area contributed by atoms with Gasteiger partial charge in [0, 0.05) is 0 Å². The quantitative estimate of drug-likeness (QED) is 0.742. The van der Waals surface area contributed by atoms with Crippen LogP contribution in [-0.4, -0.2) is 21.7 Å². The Kier molecular flexibility index (Phi) is 5.97. The highest BCUT2D eigenvalue weighted by Crippen LogP contribution is 2.09. The average molecular weight is 325 g/mol. The van der Waals surface area contributed by atoms with E-state index in [4.69, 9.17) is 4.74 Å². The van der Waals surface area contributed by atoms with Crippen molar-refractivity contribution in [2.75, 3.05) is 6.61 Å². The maximum Gasteiger partial charge on any atom is 0.0878 e. The third-order valence-electron chi connectivity index (χ3n) is 3.87. The fourth-order valence-electron chi connectivity index (χ4n) is 2.57. The molecule has 2 rings (SSSR count). The predicted octanol–water partition coefficient (Wildman–Crippen LogP) is 3.20. The van der Waals surface area contributed by atoms with Gasteiger partial charge in [-0.15, -0.1) is 0 Å². The number of allylic oxidation sites excluding steroid dienone is 1. The summed E-state index contributed by atoms with van der Waals surface area (Å²) in [6.45, 7) is 13.2. The molecule has 23 heavy (non-hydrogen) atoms. The molecule has 2 aromatic rings. The second-order valence-corrected chi connectivity index (χ2v) is 9.07.